The number of ether oxygens (including phenoxy) is 1. The lowest BCUT2D eigenvalue weighted by molar-refractivity contribution is 0.171. The predicted octanol–water partition coefficient (Wildman–Crippen LogP) is 1.47. The van der Waals surface area contributed by atoms with Crippen LogP contribution in [0.25, 0.3) is 4.96 Å². The summed E-state index contributed by atoms with van der Waals surface area (Å²) in [6, 6.07) is 1.63. The van der Waals surface area contributed by atoms with Crippen LogP contribution in [0.5, 0.6) is 5.88 Å². The van der Waals surface area contributed by atoms with Gasteiger partial charge < -0.3 is 9.84 Å². The molecule has 3 rings (SSSR count). The number of imidazole rings is 1. The molecule has 3 heterocycles. The number of rotatable bonds is 4. The third-order valence-electron chi connectivity index (χ3n) is 2.76. The van der Waals surface area contributed by atoms with Gasteiger partial charge in [-0.3, -0.25) is 4.40 Å². The first-order valence-corrected chi connectivity index (χ1v) is 6.59. The Hall–Kier alpha value is -1.99. The molecule has 7 heteroatoms. The van der Waals surface area contributed by atoms with Gasteiger partial charge in [-0.1, -0.05) is 0 Å². The Labute approximate surface area is 113 Å². The van der Waals surface area contributed by atoms with Gasteiger partial charge >= 0.3 is 0 Å². The second kappa shape index (κ2) is 4.94. The van der Waals surface area contributed by atoms with E-state index in [1.807, 2.05) is 22.2 Å². The zero-order chi connectivity index (χ0) is 13.2. The Bertz CT molecular complexity index is 665. The van der Waals surface area contributed by atoms with Crippen LogP contribution in [0.4, 0.5) is 0 Å². The third-order valence-corrected chi connectivity index (χ3v) is 3.53. The lowest BCUT2D eigenvalue weighted by atomic mass is 10.1. The highest BCUT2D eigenvalue weighted by atomic mass is 32.1. The summed E-state index contributed by atoms with van der Waals surface area (Å²) in [5, 5.41) is 12.1. The van der Waals surface area contributed by atoms with E-state index in [4.69, 9.17) is 4.74 Å². The fourth-order valence-electron chi connectivity index (χ4n) is 1.82. The zero-order valence-corrected chi connectivity index (χ0v) is 11.0. The first-order chi connectivity index (χ1) is 9.26. The maximum atomic E-state index is 10.2. The molecule has 1 N–H and O–H groups in total. The third kappa shape index (κ3) is 2.42. The maximum Gasteiger partial charge on any atom is 0.216 e. The monoisotopic (exact) mass is 276 g/mol. The van der Waals surface area contributed by atoms with Gasteiger partial charge in [-0.25, -0.2) is 15.0 Å². The van der Waals surface area contributed by atoms with Crippen LogP contribution in [0, 0.1) is 0 Å². The van der Waals surface area contributed by atoms with E-state index in [-0.39, 0.29) is 0 Å². The summed E-state index contributed by atoms with van der Waals surface area (Å²) in [5.41, 5.74) is 1.36. The number of fused-ring (bicyclic) bond motifs is 1. The number of aromatic nitrogens is 4. The van der Waals surface area contributed by atoms with E-state index in [0.29, 0.717) is 18.0 Å². The van der Waals surface area contributed by atoms with Gasteiger partial charge in [0.1, 0.15) is 12.4 Å². The van der Waals surface area contributed by atoms with Crippen molar-refractivity contribution in [3.05, 3.63) is 41.6 Å². The van der Waals surface area contributed by atoms with Crippen molar-refractivity contribution >= 4 is 16.3 Å². The van der Waals surface area contributed by atoms with Gasteiger partial charge in [0.2, 0.25) is 5.88 Å². The largest absolute Gasteiger partial charge is 0.481 e. The van der Waals surface area contributed by atoms with Crippen LogP contribution in [0.3, 0.4) is 0 Å². The first-order valence-electron chi connectivity index (χ1n) is 5.71. The molecule has 0 aliphatic carbocycles. The number of nitrogens with zero attached hydrogens (tertiary/aromatic N) is 4. The van der Waals surface area contributed by atoms with E-state index in [1.165, 1.54) is 13.4 Å². The second-order valence-corrected chi connectivity index (χ2v) is 4.90. The number of methoxy groups -OCH3 is 1. The van der Waals surface area contributed by atoms with Gasteiger partial charge in [0.25, 0.3) is 0 Å². The molecule has 6 nitrogen and oxygen atoms in total. The molecule has 0 amide bonds. The highest BCUT2D eigenvalue weighted by molar-refractivity contribution is 7.15. The Morgan fingerprint density at radius 2 is 2.37 bits per heavy atom. The molecule has 1 unspecified atom stereocenters. The summed E-state index contributed by atoms with van der Waals surface area (Å²) in [6.07, 6.45) is 4.92. The van der Waals surface area contributed by atoms with Gasteiger partial charge in [0.05, 0.1) is 18.5 Å². The minimum Gasteiger partial charge on any atom is -0.481 e. The molecule has 0 bridgehead atoms. The lowest BCUT2D eigenvalue weighted by Crippen LogP contribution is -2.05. The Morgan fingerprint density at radius 1 is 1.47 bits per heavy atom. The number of thiazole rings is 1. The Morgan fingerprint density at radius 3 is 3.16 bits per heavy atom. The van der Waals surface area contributed by atoms with Crippen molar-refractivity contribution in [1.82, 2.24) is 19.4 Å². The van der Waals surface area contributed by atoms with Crippen LogP contribution < -0.4 is 4.74 Å². The molecular formula is C12H12N4O2S. The van der Waals surface area contributed by atoms with Crippen molar-refractivity contribution < 1.29 is 9.84 Å². The van der Waals surface area contributed by atoms with Crippen LogP contribution in [-0.2, 0) is 6.42 Å². The van der Waals surface area contributed by atoms with Gasteiger partial charge in [0.15, 0.2) is 4.96 Å². The van der Waals surface area contributed by atoms with E-state index in [2.05, 4.69) is 15.0 Å². The summed E-state index contributed by atoms with van der Waals surface area (Å²) in [4.78, 5) is 13.3. The molecule has 98 valence electrons. The van der Waals surface area contributed by atoms with Crippen molar-refractivity contribution in [3.63, 3.8) is 0 Å². The van der Waals surface area contributed by atoms with Gasteiger partial charge in [-0.15, -0.1) is 11.3 Å². The van der Waals surface area contributed by atoms with Gasteiger partial charge in [-0.05, 0) is 0 Å². The maximum absolute atomic E-state index is 10.2. The number of hydrogen-bond donors (Lipinski definition) is 1. The van der Waals surface area contributed by atoms with E-state index in [0.717, 1.165) is 10.7 Å². The molecule has 0 aliphatic heterocycles. The normalized spacial score (nSPS) is 12.7. The van der Waals surface area contributed by atoms with Crippen molar-refractivity contribution in [1.29, 1.82) is 0 Å². The fraction of sp³-hybridized carbons (Fsp3) is 0.250. The molecule has 0 aromatic carbocycles. The van der Waals surface area contributed by atoms with E-state index in [9.17, 15) is 5.11 Å². The number of hydrogen-bond acceptors (Lipinski definition) is 6. The minimum atomic E-state index is -0.721. The van der Waals surface area contributed by atoms with Gasteiger partial charge in [0, 0.05) is 30.3 Å². The Balaban J connectivity index is 1.80. The molecule has 0 fully saturated rings. The molecule has 0 saturated carbocycles. The van der Waals surface area contributed by atoms with E-state index >= 15 is 0 Å². The van der Waals surface area contributed by atoms with Gasteiger partial charge in [-0.2, -0.15) is 0 Å². The summed E-state index contributed by atoms with van der Waals surface area (Å²) in [7, 11) is 1.53. The number of aliphatic hydroxyl groups excluding tert-OH is 1. The summed E-state index contributed by atoms with van der Waals surface area (Å²) in [5.74, 6) is 0.440. The van der Waals surface area contributed by atoms with E-state index in [1.54, 1.807) is 17.4 Å². The highest BCUT2D eigenvalue weighted by Gasteiger charge is 2.14. The minimum absolute atomic E-state index is 0.411. The molecule has 0 radical (unpaired) electrons. The summed E-state index contributed by atoms with van der Waals surface area (Å²) in [6.45, 7) is 0. The van der Waals surface area contributed by atoms with Crippen LogP contribution in [0.1, 0.15) is 17.5 Å². The summed E-state index contributed by atoms with van der Waals surface area (Å²) < 4.78 is 6.95. The van der Waals surface area contributed by atoms with Crippen molar-refractivity contribution in [2.24, 2.45) is 0 Å². The molecule has 0 saturated heterocycles. The first kappa shape index (κ1) is 12.1. The molecular weight excluding hydrogens is 264 g/mol. The molecule has 3 aromatic heterocycles. The zero-order valence-electron chi connectivity index (χ0n) is 10.2. The quantitative estimate of drug-likeness (QED) is 0.781. The molecule has 3 aromatic rings. The van der Waals surface area contributed by atoms with Crippen molar-refractivity contribution in [3.8, 4) is 5.88 Å². The SMILES string of the molecule is COc1cc(C(O)Cc2cn3ccsc3n2)ncn1. The lowest BCUT2D eigenvalue weighted by Gasteiger charge is -2.08. The average molecular weight is 276 g/mol. The van der Waals surface area contributed by atoms with Crippen LogP contribution >= 0.6 is 11.3 Å². The standard InChI is InChI=1S/C12H12N4O2S/c1-18-11-5-9(13-7-14-11)10(17)4-8-6-16-2-3-19-12(16)15-8/h2-3,5-7,10,17H,4H2,1H3. The summed E-state index contributed by atoms with van der Waals surface area (Å²) >= 11 is 1.56. The smallest absolute Gasteiger partial charge is 0.216 e. The topological polar surface area (TPSA) is 72.5 Å². The van der Waals surface area contributed by atoms with Crippen molar-refractivity contribution in [2.75, 3.05) is 7.11 Å². The highest BCUT2D eigenvalue weighted by Crippen LogP contribution is 2.20. The fourth-order valence-corrected chi connectivity index (χ4v) is 2.54. The van der Waals surface area contributed by atoms with Crippen LogP contribution in [0.2, 0.25) is 0 Å². The molecule has 19 heavy (non-hydrogen) atoms. The molecule has 0 aliphatic rings. The molecule has 0 spiro atoms. The molecule has 1 atom stereocenters. The van der Waals surface area contributed by atoms with Crippen LogP contribution in [-0.4, -0.2) is 31.6 Å². The van der Waals surface area contributed by atoms with E-state index < -0.39 is 6.10 Å². The number of aliphatic hydroxyl groups is 1. The second-order valence-electron chi connectivity index (χ2n) is 4.03. The van der Waals surface area contributed by atoms with Crippen LogP contribution in [0.15, 0.2) is 30.2 Å². The Kier molecular flexibility index (Phi) is 3.14. The van der Waals surface area contributed by atoms with Crippen molar-refractivity contribution in [2.45, 2.75) is 12.5 Å². The average Bonchev–Trinajstić information content (AvgIpc) is 2.99. The predicted molar refractivity (Wildman–Crippen MR) is 70.3 cm³/mol.